The molecule has 0 aliphatic heterocycles. The van der Waals surface area contributed by atoms with E-state index in [-0.39, 0.29) is 5.78 Å². The topological polar surface area (TPSA) is 70.7 Å². The molecule has 2 N–H and O–H groups in total. The summed E-state index contributed by atoms with van der Waals surface area (Å²) < 4.78 is 3.46. The lowest BCUT2D eigenvalue weighted by Gasteiger charge is -2.15. The maximum Gasteiger partial charge on any atom is 0.171 e. The van der Waals surface area contributed by atoms with Crippen molar-refractivity contribution < 1.29 is 4.79 Å². The van der Waals surface area contributed by atoms with Gasteiger partial charge in [0.2, 0.25) is 0 Å². The zero-order valence-corrected chi connectivity index (χ0v) is 19.1. The summed E-state index contributed by atoms with van der Waals surface area (Å²) in [7, 11) is 0. The summed E-state index contributed by atoms with van der Waals surface area (Å²) in [5.41, 5.74) is 5.81. The van der Waals surface area contributed by atoms with Crippen molar-refractivity contribution in [1.82, 2.24) is 19.7 Å². The minimum absolute atomic E-state index is 0.0590. The summed E-state index contributed by atoms with van der Waals surface area (Å²) in [6.45, 7) is 6.53. The van der Waals surface area contributed by atoms with Crippen molar-refractivity contribution in [2.45, 2.75) is 40.2 Å². The van der Waals surface area contributed by atoms with Crippen molar-refractivity contribution in [2.75, 3.05) is 5.75 Å². The highest BCUT2D eigenvalue weighted by Crippen LogP contribution is 2.27. The third-order valence-electron chi connectivity index (χ3n) is 5.27. The van der Waals surface area contributed by atoms with Crippen LogP contribution in [0.5, 0.6) is 0 Å². The number of hydrogen-bond acceptors (Lipinski definition) is 5. The van der Waals surface area contributed by atoms with Gasteiger partial charge < -0.3 is 4.98 Å². The van der Waals surface area contributed by atoms with E-state index in [2.05, 4.69) is 45.1 Å². The van der Waals surface area contributed by atoms with Gasteiger partial charge in [-0.05, 0) is 24.5 Å². The second-order valence-electron chi connectivity index (χ2n) is 8.84. The molecule has 0 spiro atoms. The van der Waals surface area contributed by atoms with Crippen LogP contribution in [0.2, 0.25) is 0 Å². The van der Waals surface area contributed by atoms with Crippen molar-refractivity contribution >= 4 is 28.9 Å². The number of nitrogens with zero attached hydrogens (tertiary/aromatic N) is 2. The molecule has 0 atom stereocenters. The molecule has 160 valence electrons. The third kappa shape index (κ3) is 5.14. The Morgan fingerprint density at radius 3 is 2.94 bits per heavy atom. The zero-order valence-electron chi connectivity index (χ0n) is 18.2. The molecule has 2 aromatic heterocycles. The second-order valence-corrected chi connectivity index (χ2v) is 9.70. The molecule has 0 amide bonds. The first-order valence-electron chi connectivity index (χ1n) is 10.6. The Kier molecular flexibility index (Phi) is 6.39. The fourth-order valence-electron chi connectivity index (χ4n) is 3.50. The number of aromatic amines is 1. The minimum atomic E-state index is -0.472. The van der Waals surface area contributed by atoms with Crippen molar-refractivity contribution in [1.29, 1.82) is 0 Å². The molecule has 3 aromatic rings. The van der Waals surface area contributed by atoms with Crippen molar-refractivity contribution in [2.24, 2.45) is 5.41 Å². The number of carbonyl (C=O) groups excluding carboxylic acids is 1. The molecule has 1 aromatic carbocycles. The minimum Gasteiger partial charge on any atom is -0.344 e. The number of allylic oxidation sites excluding steroid dienone is 3. The van der Waals surface area contributed by atoms with Crippen molar-refractivity contribution in [3.8, 4) is 11.3 Å². The smallest absolute Gasteiger partial charge is 0.171 e. The molecule has 4 rings (SSSR count). The lowest BCUT2D eigenvalue weighted by molar-refractivity contribution is 0.0860. The fourth-order valence-corrected chi connectivity index (χ4v) is 4.30. The fraction of sp³-hybridized carbons (Fsp3) is 0.320. The number of Topliss-reactive ketones (excluding diaryl/α,β-unsaturated/α-hetero) is 1. The molecule has 0 bridgehead atoms. The van der Waals surface area contributed by atoms with E-state index in [1.165, 1.54) is 11.1 Å². The number of aromatic nitrogens is 3. The summed E-state index contributed by atoms with van der Waals surface area (Å²) in [4.78, 5) is 25.2. The lowest BCUT2D eigenvalue weighted by Crippen LogP contribution is -2.20. The molecule has 0 saturated carbocycles. The predicted molar refractivity (Wildman–Crippen MR) is 129 cm³/mol. The van der Waals surface area contributed by atoms with Crippen LogP contribution in [0.15, 0.2) is 60.5 Å². The van der Waals surface area contributed by atoms with Crippen molar-refractivity contribution in [3.05, 3.63) is 71.6 Å². The highest BCUT2D eigenvalue weighted by molar-refractivity contribution is 7.97. The molecule has 31 heavy (non-hydrogen) atoms. The third-order valence-corrected chi connectivity index (χ3v) is 6.13. The number of ketones is 1. The molecule has 1 aliphatic rings. The highest BCUT2D eigenvalue weighted by Gasteiger charge is 2.26. The summed E-state index contributed by atoms with van der Waals surface area (Å²) in [5.74, 6) is 1.06. The van der Waals surface area contributed by atoms with Crippen LogP contribution < -0.4 is 4.72 Å². The van der Waals surface area contributed by atoms with Crippen LogP contribution in [0.25, 0.3) is 22.4 Å². The Balaban J connectivity index is 1.48. The Bertz CT molecular complexity index is 1150. The summed E-state index contributed by atoms with van der Waals surface area (Å²) >= 11 is 1.74. The van der Waals surface area contributed by atoms with E-state index in [0.717, 1.165) is 36.4 Å². The molecule has 0 radical (unpaired) electrons. The van der Waals surface area contributed by atoms with Gasteiger partial charge in [0.05, 0.1) is 17.5 Å². The first-order valence-corrected chi connectivity index (χ1v) is 11.6. The molecule has 0 saturated heterocycles. The molecule has 2 heterocycles. The van der Waals surface area contributed by atoms with Gasteiger partial charge in [0.1, 0.15) is 5.52 Å². The first kappa shape index (κ1) is 21.5. The zero-order chi connectivity index (χ0) is 21.8. The molecule has 6 heteroatoms. The van der Waals surface area contributed by atoms with Crippen molar-refractivity contribution in [3.63, 3.8) is 0 Å². The SMILES string of the molecule is CC(C)(C)C(=O)c1c[nH]c2ncc(-c3cccc(CNSCC4=CC=CCC4)c3)nc12. The van der Waals surface area contributed by atoms with E-state index in [0.29, 0.717) is 16.7 Å². The largest absolute Gasteiger partial charge is 0.344 e. The number of fused-ring (bicyclic) bond motifs is 1. The van der Waals surface area contributed by atoms with Gasteiger partial charge in [-0.25, -0.2) is 9.97 Å². The quantitative estimate of drug-likeness (QED) is 0.278. The maximum absolute atomic E-state index is 12.8. The van der Waals surface area contributed by atoms with Crippen LogP contribution in [0, 0.1) is 5.41 Å². The van der Waals surface area contributed by atoms with E-state index in [9.17, 15) is 4.79 Å². The monoisotopic (exact) mass is 432 g/mol. The molecular formula is C25H28N4OS. The van der Waals surface area contributed by atoms with Crippen LogP contribution >= 0.6 is 11.9 Å². The van der Waals surface area contributed by atoms with Gasteiger partial charge in [0, 0.05) is 29.5 Å². The van der Waals surface area contributed by atoms with E-state index >= 15 is 0 Å². The molecule has 0 fully saturated rings. The van der Waals surface area contributed by atoms with Crippen LogP contribution in [0.4, 0.5) is 0 Å². The molecule has 0 unspecified atom stereocenters. The van der Waals surface area contributed by atoms with Gasteiger partial charge in [0.15, 0.2) is 11.4 Å². The van der Waals surface area contributed by atoms with E-state index in [1.807, 2.05) is 32.9 Å². The molecule has 1 aliphatic carbocycles. The Morgan fingerprint density at radius 2 is 2.16 bits per heavy atom. The van der Waals surface area contributed by atoms with Crippen LogP contribution in [0.3, 0.4) is 0 Å². The number of carbonyl (C=O) groups is 1. The molecular weight excluding hydrogens is 404 g/mol. The number of nitrogens with one attached hydrogen (secondary N) is 2. The average molecular weight is 433 g/mol. The van der Waals surface area contributed by atoms with E-state index in [4.69, 9.17) is 4.98 Å². The van der Waals surface area contributed by atoms with Gasteiger partial charge in [-0.2, -0.15) is 0 Å². The number of rotatable bonds is 7. The predicted octanol–water partition coefficient (Wildman–Crippen LogP) is 5.87. The van der Waals surface area contributed by atoms with E-state index < -0.39 is 5.41 Å². The van der Waals surface area contributed by atoms with Gasteiger partial charge >= 0.3 is 0 Å². The summed E-state index contributed by atoms with van der Waals surface area (Å²) in [6, 6.07) is 8.31. The van der Waals surface area contributed by atoms with Crippen LogP contribution in [0.1, 0.15) is 49.5 Å². The number of H-pyrrole nitrogens is 1. The van der Waals surface area contributed by atoms with Gasteiger partial charge in [-0.3, -0.25) is 9.52 Å². The van der Waals surface area contributed by atoms with Gasteiger partial charge in [-0.1, -0.05) is 74.7 Å². The van der Waals surface area contributed by atoms with Gasteiger partial charge in [-0.15, -0.1) is 0 Å². The number of benzene rings is 1. The lowest BCUT2D eigenvalue weighted by atomic mass is 9.87. The summed E-state index contributed by atoms with van der Waals surface area (Å²) in [5, 5.41) is 0. The average Bonchev–Trinajstić information content (AvgIpc) is 3.19. The van der Waals surface area contributed by atoms with Crippen LogP contribution in [-0.4, -0.2) is 26.5 Å². The van der Waals surface area contributed by atoms with Gasteiger partial charge in [0.25, 0.3) is 0 Å². The van der Waals surface area contributed by atoms with Crippen LogP contribution in [-0.2, 0) is 6.54 Å². The molecule has 5 nitrogen and oxygen atoms in total. The Hall–Kier alpha value is -2.70. The van der Waals surface area contributed by atoms with E-state index in [1.54, 1.807) is 24.3 Å². The second kappa shape index (κ2) is 9.20. The highest BCUT2D eigenvalue weighted by atomic mass is 32.2. The Morgan fingerprint density at radius 1 is 1.29 bits per heavy atom. The standard InChI is InChI=1S/C25H28N4OS/c1-25(2,3)23(30)20-14-26-24-22(20)29-21(15-27-24)19-11-7-10-18(12-19)13-28-31-16-17-8-5-4-6-9-17/h4-5,7-8,10-12,14-15,28H,6,9,13,16H2,1-3H3,(H,26,27). The Labute approximate surface area is 187 Å². The normalized spacial score (nSPS) is 14.1. The maximum atomic E-state index is 12.8. The summed E-state index contributed by atoms with van der Waals surface area (Å²) in [6.07, 6.45) is 12.3. The first-order chi connectivity index (χ1) is 14.9. The number of hydrogen-bond donors (Lipinski definition) is 2.